The van der Waals surface area contributed by atoms with Crippen molar-refractivity contribution in [2.45, 2.75) is 13.0 Å². The van der Waals surface area contributed by atoms with Gasteiger partial charge in [0.1, 0.15) is 11.9 Å². The second-order valence-electron chi connectivity index (χ2n) is 3.35. The van der Waals surface area contributed by atoms with Gasteiger partial charge in [0.15, 0.2) is 0 Å². The summed E-state index contributed by atoms with van der Waals surface area (Å²) in [6.45, 7) is 1.71. The molecule has 0 aromatic heterocycles. The van der Waals surface area contributed by atoms with Crippen LogP contribution in [0.4, 0.5) is 4.39 Å². The minimum atomic E-state index is -0.965. The first-order chi connectivity index (χ1) is 8.08. The Morgan fingerprint density at radius 2 is 2.12 bits per heavy atom. The van der Waals surface area contributed by atoms with E-state index in [0.717, 1.165) is 0 Å². The molecular weight excluding hydrogens is 247 g/mol. The van der Waals surface area contributed by atoms with Crippen molar-refractivity contribution in [2.75, 3.05) is 7.18 Å². The van der Waals surface area contributed by atoms with Crippen LogP contribution in [0.1, 0.15) is 12.5 Å². The molecular formula is C12H12ClFO3. The smallest absolute Gasteiger partial charge is 0.335 e. The third-order valence-corrected chi connectivity index (χ3v) is 2.51. The van der Waals surface area contributed by atoms with E-state index in [1.54, 1.807) is 31.2 Å². The van der Waals surface area contributed by atoms with E-state index in [1.807, 2.05) is 0 Å². The number of halogens is 2. The highest BCUT2D eigenvalue weighted by Crippen LogP contribution is 2.31. The van der Waals surface area contributed by atoms with Gasteiger partial charge in [0.05, 0.1) is 12.8 Å². The fraction of sp³-hybridized carbons (Fsp3) is 0.250. The van der Waals surface area contributed by atoms with Gasteiger partial charge in [-0.1, -0.05) is 11.6 Å². The Kier molecular flexibility index (Phi) is 4.52. The molecule has 1 N–H and O–H groups in total. The van der Waals surface area contributed by atoms with Crippen molar-refractivity contribution in [3.05, 3.63) is 34.4 Å². The standard InChI is InChI=1S/C11H9ClO3.CH3F/c1-6-9(11(13)14)5-7-4-8(12)2-3-10(7)15-6;1-2/h2-6H,1H3,(H,13,14);1H3. The first kappa shape index (κ1) is 13.5. The van der Waals surface area contributed by atoms with Crippen LogP contribution in [0.5, 0.6) is 5.75 Å². The zero-order valence-corrected chi connectivity index (χ0v) is 10.2. The molecule has 2 rings (SSSR count). The monoisotopic (exact) mass is 258 g/mol. The molecule has 0 bridgehead atoms. The van der Waals surface area contributed by atoms with Gasteiger partial charge in [-0.05, 0) is 31.2 Å². The minimum absolute atomic E-state index is 0.241. The summed E-state index contributed by atoms with van der Waals surface area (Å²) in [6, 6.07) is 5.14. The van der Waals surface area contributed by atoms with Crippen LogP contribution < -0.4 is 4.74 Å². The number of hydrogen-bond acceptors (Lipinski definition) is 2. The van der Waals surface area contributed by atoms with Gasteiger partial charge in [0, 0.05) is 10.6 Å². The Morgan fingerprint density at radius 3 is 2.71 bits per heavy atom. The van der Waals surface area contributed by atoms with Crippen molar-refractivity contribution in [1.82, 2.24) is 0 Å². The Bertz CT molecular complexity index is 457. The van der Waals surface area contributed by atoms with Crippen LogP contribution in [0.15, 0.2) is 23.8 Å². The molecule has 0 aliphatic carbocycles. The van der Waals surface area contributed by atoms with Gasteiger partial charge in [-0.3, -0.25) is 4.39 Å². The number of alkyl halides is 1. The molecule has 1 aromatic carbocycles. The highest BCUT2D eigenvalue weighted by molar-refractivity contribution is 6.30. The van der Waals surface area contributed by atoms with Crippen molar-refractivity contribution >= 4 is 23.6 Å². The van der Waals surface area contributed by atoms with Crippen molar-refractivity contribution in [3.8, 4) is 5.75 Å². The predicted octanol–water partition coefficient (Wildman–Crippen LogP) is 3.17. The van der Waals surface area contributed by atoms with Gasteiger partial charge in [-0.25, -0.2) is 4.79 Å². The summed E-state index contributed by atoms with van der Waals surface area (Å²) in [7, 11) is 0.500. The molecule has 1 aromatic rings. The lowest BCUT2D eigenvalue weighted by Crippen LogP contribution is -2.23. The van der Waals surface area contributed by atoms with Crippen LogP contribution in [0.25, 0.3) is 6.08 Å². The molecule has 0 amide bonds. The number of benzene rings is 1. The summed E-state index contributed by atoms with van der Waals surface area (Å²) in [6.07, 6.45) is 1.16. The second-order valence-corrected chi connectivity index (χ2v) is 3.78. The van der Waals surface area contributed by atoms with Crippen LogP contribution >= 0.6 is 11.6 Å². The normalized spacial score (nSPS) is 16.9. The molecule has 0 fully saturated rings. The SMILES string of the molecule is CC1Oc2ccc(Cl)cc2C=C1C(=O)O.CF. The molecule has 0 spiro atoms. The lowest BCUT2D eigenvalue weighted by atomic mass is 10.0. The van der Waals surface area contributed by atoms with E-state index in [9.17, 15) is 9.18 Å². The lowest BCUT2D eigenvalue weighted by molar-refractivity contribution is -0.133. The van der Waals surface area contributed by atoms with Crippen molar-refractivity contribution < 1.29 is 19.0 Å². The summed E-state index contributed by atoms with van der Waals surface area (Å²) >= 11 is 5.81. The van der Waals surface area contributed by atoms with Gasteiger partial charge < -0.3 is 9.84 Å². The summed E-state index contributed by atoms with van der Waals surface area (Å²) in [5, 5.41) is 9.49. The highest BCUT2D eigenvalue weighted by atomic mass is 35.5. The topological polar surface area (TPSA) is 46.5 Å². The van der Waals surface area contributed by atoms with Gasteiger partial charge in [0.25, 0.3) is 0 Å². The molecule has 0 radical (unpaired) electrons. The number of hydrogen-bond donors (Lipinski definition) is 1. The first-order valence-corrected chi connectivity index (χ1v) is 5.24. The zero-order valence-electron chi connectivity index (χ0n) is 9.41. The Balaban J connectivity index is 0.000000686. The van der Waals surface area contributed by atoms with Gasteiger partial charge in [-0.2, -0.15) is 0 Å². The molecule has 1 atom stereocenters. The molecule has 1 aliphatic heterocycles. The van der Waals surface area contributed by atoms with Crippen LogP contribution in [0, 0.1) is 0 Å². The van der Waals surface area contributed by atoms with E-state index in [2.05, 4.69) is 0 Å². The van der Waals surface area contributed by atoms with Crippen LogP contribution in [-0.2, 0) is 4.79 Å². The summed E-state index contributed by atoms with van der Waals surface area (Å²) in [4.78, 5) is 10.9. The highest BCUT2D eigenvalue weighted by Gasteiger charge is 2.23. The van der Waals surface area contributed by atoms with Crippen LogP contribution in [0.3, 0.4) is 0 Å². The molecule has 92 valence electrons. The number of carboxylic acids is 1. The van der Waals surface area contributed by atoms with Crippen molar-refractivity contribution in [1.29, 1.82) is 0 Å². The van der Waals surface area contributed by atoms with Gasteiger partial charge in [-0.15, -0.1) is 0 Å². The maximum absolute atomic E-state index is 10.9. The van der Waals surface area contributed by atoms with E-state index < -0.39 is 12.1 Å². The van der Waals surface area contributed by atoms with E-state index in [4.69, 9.17) is 21.4 Å². The number of fused-ring (bicyclic) bond motifs is 1. The largest absolute Gasteiger partial charge is 0.485 e. The maximum Gasteiger partial charge on any atom is 0.335 e. The molecule has 17 heavy (non-hydrogen) atoms. The van der Waals surface area contributed by atoms with Gasteiger partial charge >= 0.3 is 5.97 Å². The Labute approximate surface area is 103 Å². The van der Waals surface area contributed by atoms with E-state index in [0.29, 0.717) is 23.5 Å². The predicted molar refractivity (Wildman–Crippen MR) is 64.2 cm³/mol. The molecule has 1 heterocycles. The zero-order chi connectivity index (χ0) is 13.0. The Hall–Kier alpha value is -1.55. The fourth-order valence-electron chi connectivity index (χ4n) is 1.51. The van der Waals surface area contributed by atoms with E-state index in [-0.39, 0.29) is 5.57 Å². The summed E-state index contributed by atoms with van der Waals surface area (Å²) < 4.78 is 15.0. The van der Waals surface area contributed by atoms with Crippen molar-refractivity contribution in [2.24, 2.45) is 0 Å². The maximum atomic E-state index is 10.9. The molecule has 0 saturated heterocycles. The first-order valence-electron chi connectivity index (χ1n) is 4.87. The summed E-state index contributed by atoms with van der Waals surface area (Å²) in [5.41, 5.74) is 0.947. The fourth-order valence-corrected chi connectivity index (χ4v) is 1.69. The number of rotatable bonds is 1. The molecule has 5 heteroatoms. The quantitative estimate of drug-likeness (QED) is 0.842. The molecule has 1 aliphatic rings. The summed E-state index contributed by atoms with van der Waals surface area (Å²) in [5.74, 6) is -0.301. The third kappa shape index (κ3) is 2.97. The number of ether oxygens (including phenoxy) is 1. The lowest BCUT2D eigenvalue weighted by Gasteiger charge is -2.22. The molecule has 1 unspecified atom stereocenters. The van der Waals surface area contributed by atoms with Gasteiger partial charge in [0.2, 0.25) is 0 Å². The minimum Gasteiger partial charge on any atom is -0.485 e. The average molecular weight is 259 g/mol. The van der Waals surface area contributed by atoms with Crippen LogP contribution in [0.2, 0.25) is 5.02 Å². The number of carboxylic acid groups (broad SMARTS) is 1. The second kappa shape index (κ2) is 5.68. The Morgan fingerprint density at radius 1 is 1.47 bits per heavy atom. The number of aliphatic carboxylic acids is 1. The van der Waals surface area contributed by atoms with Crippen LogP contribution in [-0.4, -0.2) is 24.4 Å². The average Bonchev–Trinajstić information content (AvgIpc) is 2.31. The molecule has 3 nitrogen and oxygen atoms in total. The third-order valence-electron chi connectivity index (χ3n) is 2.27. The van der Waals surface area contributed by atoms with Crippen molar-refractivity contribution in [3.63, 3.8) is 0 Å². The van der Waals surface area contributed by atoms with E-state index in [1.165, 1.54) is 0 Å². The number of carbonyl (C=O) groups is 1. The van der Waals surface area contributed by atoms with E-state index >= 15 is 0 Å². The molecule has 0 saturated carbocycles.